The first-order valence-electron chi connectivity index (χ1n) is 8.88. The Morgan fingerprint density at radius 2 is 1.72 bits per heavy atom. The maximum atomic E-state index is 13.0. The number of methoxy groups -OCH3 is 3. The summed E-state index contributed by atoms with van der Waals surface area (Å²) in [6.45, 7) is 1.89. The standard InChI is InChI=1S/C20H25NO7S/c1-5-28-20(22)13-17(14-7-6-8-15(11-14)25-2)21-29(23,24)16-9-10-18(26-3)19(12-16)27-4/h6-12,17,21H,5,13H2,1-4H3. The van der Waals surface area contributed by atoms with Crippen molar-refractivity contribution >= 4 is 16.0 Å². The molecule has 1 N–H and O–H groups in total. The van der Waals surface area contributed by atoms with E-state index in [1.54, 1.807) is 31.2 Å². The van der Waals surface area contributed by atoms with Gasteiger partial charge in [-0.25, -0.2) is 13.1 Å². The van der Waals surface area contributed by atoms with Crippen LogP contribution in [0.25, 0.3) is 0 Å². The van der Waals surface area contributed by atoms with Crippen LogP contribution in [0, 0.1) is 0 Å². The monoisotopic (exact) mass is 423 g/mol. The van der Waals surface area contributed by atoms with Crippen molar-refractivity contribution in [1.29, 1.82) is 0 Å². The minimum absolute atomic E-state index is 0.0214. The van der Waals surface area contributed by atoms with E-state index < -0.39 is 22.0 Å². The summed E-state index contributed by atoms with van der Waals surface area (Å²) in [5.74, 6) is 0.707. The second kappa shape index (κ2) is 10.1. The molecule has 1 unspecified atom stereocenters. The highest BCUT2D eigenvalue weighted by molar-refractivity contribution is 7.89. The van der Waals surface area contributed by atoms with Gasteiger partial charge in [0.1, 0.15) is 5.75 Å². The highest BCUT2D eigenvalue weighted by Gasteiger charge is 2.25. The average Bonchev–Trinajstić information content (AvgIpc) is 2.72. The zero-order chi connectivity index (χ0) is 21.4. The topological polar surface area (TPSA) is 100 Å². The Hall–Kier alpha value is -2.78. The normalized spacial score (nSPS) is 12.1. The van der Waals surface area contributed by atoms with Crippen molar-refractivity contribution in [2.24, 2.45) is 0 Å². The minimum atomic E-state index is -3.98. The van der Waals surface area contributed by atoms with Crippen LogP contribution in [0.1, 0.15) is 24.9 Å². The molecular formula is C20H25NO7S. The van der Waals surface area contributed by atoms with E-state index in [4.69, 9.17) is 18.9 Å². The fourth-order valence-corrected chi connectivity index (χ4v) is 3.95. The Balaban J connectivity index is 2.39. The quantitative estimate of drug-likeness (QED) is 0.587. The molecule has 0 bridgehead atoms. The largest absolute Gasteiger partial charge is 0.497 e. The lowest BCUT2D eigenvalue weighted by molar-refractivity contribution is -0.143. The average molecular weight is 423 g/mol. The minimum Gasteiger partial charge on any atom is -0.497 e. The summed E-state index contributed by atoms with van der Waals surface area (Å²) in [7, 11) is 0.407. The molecule has 0 fully saturated rings. The summed E-state index contributed by atoms with van der Waals surface area (Å²) >= 11 is 0. The number of hydrogen-bond donors (Lipinski definition) is 1. The van der Waals surface area contributed by atoms with Gasteiger partial charge in [-0.2, -0.15) is 0 Å². The van der Waals surface area contributed by atoms with Gasteiger partial charge in [-0.1, -0.05) is 12.1 Å². The van der Waals surface area contributed by atoms with Gasteiger partial charge in [0.25, 0.3) is 0 Å². The molecule has 2 rings (SSSR count). The predicted molar refractivity (Wildman–Crippen MR) is 107 cm³/mol. The van der Waals surface area contributed by atoms with Crippen molar-refractivity contribution < 1.29 is 32.2 Å². The summed E-state index contributed by atoms with van der Waals surface area (Å²) in [5, 5.41) is 0. The van der Waals surface area contributed by atoms with Gasteiger partial charge in [-0.15, -0.1) is 0 Å². The van der Waals surface area contributed by atoms with E-state index >= 15 is 0 Å². The van der Waals surface area contributed by atoms with E-state index in [9.17, 15) is 13.2 Å². The molecule has 2 aromatic carbocycles. The zero-order valence-electron chi connectivity index (χ0n) is 16.8. The maximum Gasteiger partial charge on any atom is 0.307 e. The van der Waals surface area contributed by atoms with Crippen LogP contribution < -0.4 is 18.9 Å². The molecule has 0 aliphatic carbocycles. The number of esters is 1. The van der Waals surface area contributed by atoms with Crippen molar-refractivity contribution in [3.63, 3.8) is 0 Å². The molecule has 158 valence electrons. The highest BCUT2D eigenvalue weighted by atomic mass is 32.2. The lowest BCUT2D eigenvalue weighted by Crippen LogP contribution is -2.30. The molecule has 8 nitrogen and oxygen atoms in total. The van der Waals surface area contributed by atoms with E-state index in [1.807, 2.05) is 0 Å². The molecule has 0 aliphatic rings. The van der Waals surface area contributed by atoms with Crippen molar-refractivity contribution in [3.8, 4) is 17.2 Å². The van der Waals surface area contributed by atoms with Gasteiger partial charge in [0.2, 0.25) is 10.0 Å². The smallest absolute Gasteiger partial charge is 0.307 e. The van der Waals surface area contributed by atoms with Gasteiger partial charge >= 0.3 is 5.97 Å². The Labute approximate surface area is 170 Å². The second-order valence-electron chi connectivity index (χ2n) is 5.98. The fraction of sp³-hybridized carbons (Fsp3) is 0.350. The molecule has 0 aromatic heterocycles. The SMILES string of the molecule is CCOC(=O)CC(NS(=O)(=O)c1ccc(OC)c(OC)c1)c1cccc(OC)c1. The number of carbonyl (C=O) groups excluding carboxylic acids is 1. The van der Waals surface area contributed by atoms with Crippen LogP contribution in [0.3, 0.4) is 0 Å². The van der Waals surface area contributed by atoms with Crippen molar-refractivity contribution in [3.05, 3.63) is 48.0 Å². The van der Waals surface area contributed by atoms with Gasteiger partial charge in [-0.3, -0.25) is 4.79 Å². The first-order chi connectivity index (χ1) is 13.8. The molecule has 0 saturated heterocycles. The summed E-state index contributed by atoms with van der Waals surface area (Å²) < 4.78 is 49.1. The molecular weight excluding hydrogens is 398 g/mol. The Kier molecular flexibility index (Phi) is 7.86. The van der Waals surface area contributed by atoms with Crippen molar-refractivity contribution in [1.82, 2.24) is 4.72 Å². The molecule has 9 heteroatoms. The van der Waals surface area contributed by atoms with Crippen LogP contribution >= 0.6 is 0 Å². The van der Waals surface area contributed by atoms with E-state index in [0.717, 1.165) is 0 Å². The second-order valence-corrected chi connectivity index (χ2v) is 7.69. The van der Waals surface area contributed by atoms with Gasteiger partial charge < -0.3 is 18.9 Å². The summed E-state index contributed by atoms with van der Waals surface area (Å²) in [5.41, 5.74) is 0.571. The molecule has 0 aliphatic heterocycles. The lowest BCUT2D eigenvalue weighted by Gasteiger charge is -2.19. The Morgan fingerprint density at radius 1 is 1.00 bits per heavy atom. The van der Waals surface area contributed by atoms with Gasteiger partial charge in [0.15, 0.2) is 11.5 Å². The molecule has 0 radical (unpaired) electrons. The number of rotatable bonds is 10. The fourth-order valence-electron chi connectivity index (χ4n) is 2.71. The molecule has 0 spiro atoms. The number of sulfonamides is 1. The van der Waals surface area contributed by atoms with E-state index in [-0.39, 0.29) is 23.7 Å². The number of carbonyl (C=O) groups is 1. The molecule has 29 heavy (non-hydrogen) atoms. The maximum absolute atomic E-state index is 13.0. The molecule has 0 saturated carbocycles. The van der Waals surface area contributed by atoms with E-state index in [0.29, 0.717) is 17.1 Å². The van der Waals surface area contributed by atoms with Crippen LogP contribution in [0.2, 0.25) is 0 Å². The van der Waals surface area contributed by atoms with Gasteiger partial charge in [0, 0.05) is 6.07 Å². The molecule has 2 aromatic rings. The van der Waals surface area contributed by atoms with Crippen molar-refractivity contribution in [2.75, 3.05) is 27.9 Å². The lowest BCUT2D eigenvalue weighted by atomic mass is 10.0. The predicted octanol–water partition coefficient (Wildman–Crippen LogP) is 2.69. The van der Waals surface area contributed by atoms with Crippen molar-refractivity contribution in [2.45, 2.75) is 24.3 Å². The Morgan fingerprint density at radius 3 is 2.34 bits per heavy atom. The third kappa shape index (κ3) is 5.85. The number of hydrogen-bond acceptors (Lipinski definition) is 7. The summed E-state index contributed by atoms with van der Waals surface area (Å²) in [6.07, 6.45) is -0.173. The van der Waals surface area contributed by atoms with Crippen LogP contribution in [0.5, 0.6) is 17.2 Å². The number of benzene rings is 2. The van der Waals surface area contributed by atoms with Crippen LogP contribution in [0.4, 0.5) is 0 Å². The van der Waals surface area contributed by atoms with Gasteiger partial charge in [0.05, 0.1) is 45.3 Å². The Bertz CT molecular complexity index is 944. The zero-order valence-corrected chi connectivity index (χ0v) is 17.6. The summed E-state index contributed by atoms with van der Waals surface area (Å²) in [4.78, 5) is 12.0. The third-order valence-electron chi connectivity index (χ3n) is 4.13. The number of nitrogens with one attached hydrogen (secondary N) is 1. The molecule has 0 heterocycles. The van der Waals surface area contributed by atoms with Crippen LogP contribution in [0.15, 0.2) is 47.4 Å². The van der Waals surface area contributed by atoms with Crippen LogP contribution in [-0.4, -0.2) is 42.3 Å². The summed E-state index contributed by atoms with van der Waals surface area (Å²) in [6, 6.07) is 10.2. The van der Waals surface area contributed by atoms with Gasteiger partial charge in [-0.05, 0) is 36.8 Å². The van der Waals surface area contributed by atoms with E-state index in [2.05, 4.69) is 4.72 Å². The third-order valence-corrected chi connectivity index (χ3v) is 5.60. The first kappa shape index (κ1) is 22.5. The first-order valence-corrected chi connectivity index (χ1v) is 10.4. The van der Waals surface area contributed by atoms with E-state index in [1.165, 1.54) is 39.5 Å². The molecule has 0 amide bonds. The highest BCUT2D eigenvalue weighted by Crippen LogP contribution is 2.30. The van der Waals surface area contributed by atoms with Crippen LogP contribution in [-0.2, 0) is 19.6 Å². The molecule has 1 atom stereocenters. The number of ether oxygens (including phenoxy) is 4.